The van der Waals surface area contributed by atoms with Gasteiger partial charge >= 0.3 is 6.09 Å². The van der Waals surface area contributed by atoms with E-state index in [1.54, 1.807) is 64.0 Å². The topological polar surface area (TPSA) is 131 Å². The number of carbonyl (C=O) groups excluding carboxylic acids is 2. The van der Waals surface area contributed by atoms with Crippen LogP contribution in [0.15, 0.2) is 47.5 Å². The number of hydrogen-bond acceptors (Lipinski definition) is 7. The first-order valence-electron chi connectivity index (χ1n) is 13.1. The molecule has 2 aliphatic rings. The number of ether oxygens (including phenoxy) is 2. The first kappa shape index (κ1) is 29.1. The van der Waals surface area contributed by atoms with Crippen molar-refractivity contribution in [1.82, 2.24) is 10.2 Å². The smallest absolute Gasteiger partial charge is 0.407 e. The fourth-order valence-corrected chi connectivity index (χ4v) is 4.93. The zero-order valence-corrected chi connectivity index (χ0v) is 24.1. The molecule has 2 unspecified atom stereocenters. The Kier molecular flexibility index (Phi) is 8.48. The van der Waals surface area contributed by atoms with E-state index in [4.69, 9.17) is 36.9 Å². The Labute approximate surface area is 239 Å². The molecule has 3 N–H and O–H groups in total. The van der Waals surface area contributed by atoms with Crippen molar-refractivity contribution in [2.24, 2.45) is 4.99 Å². The number of nitrogens with zero attached hydrogens (tertiary/aromatic N) is 3. The molecule has 1 saturated heterocycles. The second-order valence-corrected chi connectivity index (χ2v) is 11.3. The first-order chi connectivity index (χ1) is 18.9. The van der Waals surface area contributed by atoms with Crippen molar-refractivity contribution in [2.75, 3.05) is 25.1 Å². The molecule has 10 nitrogen and oxygen atoms in total. The summed E-state index contributed by atoms with van der Waals surface area (Å²) in [5, 5.41) is 20.9. The number of benzodiazepines with no additional fused rings is 1. The van der Waals surface area contributed by atoms with Crippen LogP contribution in [-0.2, 0) is 9.53 Å². The van der Waals surface area contributed by atoms with E-state index in [1.807, 2.05) is 18.2 Å². The molecular formula is C29H35ClN6O4. The van der Waals surface area contributed by atoms with Gasteiger partial charge in [0.2, 0.25) is 5.91 Å². The van der Waals surface area contributed by atoms with E-state index in [-0.39, 0.29) is 30.0 Å². The minimum Gasteiger partial charge on any atom is -0.497 e. The highest BCUT2D eigenvalue weighted by molar-refractivity contribution is 6.31. The minimum absolute atomic E-state index is 0.0267. The minimum atomic E-state index is -0.852. The van der Waals surface area contributed by atoms with Gasteiger partial charge in [-0.3, -0.25) is 25.5 Å². The number of methoxy groups -OCH3 is 1. The number of nitrogens with one attached hydrogen (secondary N) is 3. The molecule has 0 spiro atoms. The van der Waals surface area contributed by atoms with Crippen LogP contribution >= 0.6 is 11.6 Å². The highest BCUT2D eigenvalue weighted by atomic mass is 35.5. The van der Waals surface area contributed by atoms with Crippen LogP contribution in [0.25, 0.3) is 0 Å². The summed E-state index contributed by atoms with van der Waals surface area (Å²) in [6.45, 7) is 7.80. The zero-order valence-electron chi connectivity index (χ0n) is 23.4. The van der Waals surface area contributed by atoms with E-state index in [0.717, 1.165) is 5.56 Å². The molecule has 2 heterocycles. The van der Waals surface area contributed by atoms with Crippen LogP contribution in [0.1, 0.15) is 51.7 Å². The van der Waals surface area contributed by atoms with Crippen LogP contribution in [0, 0.1) is 10.8 Å². The summed E-state index contributed by atoms with van der Waals surface area (Å²) in [5.41, 5.74) is 2.00. The third-order valence-corrected chi connectivity index (χ3v) is 6.88. The van der Waals surface area contributed by atoms with Crippen LogP contribution in [0.4, 0.5) is 10.5 Å². The van der Waals surface area contributed by atoms with E-state index >= 15 is 0 Å². The van der Waals surface area contributed by atoms with Gasteiger partial charge in [0.05, 0.1) is 31.0 Å². The van der Waals surface area contributed by atoms with Crippen LogP contribution in [0.3, 0.4) is 0 Å². The lowest BCUT2D eigenvalue weighted by Crippen LogP contribution is -2.44. The normalized spacial score (nSPS) is 18.9. The number of halogens is 1. The van der Waals surface area contributed by atoms with Gasteiger partial charge in [-0.05, 0) is 64.4 Å². The molecule has 40 heavy (non-hydrogen) atoms. The number of benzene rings is 2. The van der Waals surface area contributed by atoms with E-state index in [9.17, 15) is 9.59 Å². The van der Waals surface area contributed by atoms with Crippen molar-refractivity contribution >= 4 is 46.7 Å². The number of hydrogen-bond donors (Lipinski definition) is 3. The van der Waals surface area contributed by atoms with Gasteiger partial charge in [-0.2, -0.15) is 0 Å². The molecule has 2 atom stereocenters. The molecule has 0 radical (unpaired) electrons. The van der Waals surface area contributed by atoms with Crippen LogP contribution in [-0.4, -0.2) is 72.2 Å². The van der Waals surface area contributed by atoms with Crippen molar-refractivity contribution in [3.63, 3.8) is 0 Å². The summed E-state index contributed by atoms with van der Waals surface area (Å²) in [4.78, 5) is 33.8. The maximum absolute atomic E-state index is 13.5. The summed E-state index contributed by atoms with van der Waals surface area (Å²) in [6, 6.07) is 11.5. The fraction of sp³-hybridized carbons (Fsp3) is 0.414. The van der Waals surface area contributed by atoms with Crippen molar-refractivity contribution in [2.45, 2.75) is 58.2 Å². The Morgan fingerprint density at radius 1 is 1.18 bits per heavy atom. The summed E-state index contributed by atoms with van der Waals surface area (Å²) in [7, 11) is 1.57. The molecule has 0 aliphatic carbocycles. The van der Waals surface area contributed by atoms with Gasteiger partial charge in [0.25, 0.3) is 0 Å². The Balaban J connectivity index is 1.63. The second-order valence-electron chi connectivity index (χ2n) is 10.9. The van der Waals surface area contributed by atoms with Gasteiger partial charge < -0.3 is 19.7 Å². The molecule has 4 rings (SSSR count). The number of carbonyl (C=O) groups is 2. The lowest BCUT2D eigenvalue weighted by Gasteiger charge is -2.27. The Morgan fingerprint density at radius 2 is 1.88 bits per heavy atom. The highest BCUT2D eigenvalue weighted by Crippen LogP contribution is 2.33. The van der Waals surface area contributed by atoms with E-state index in [1.165, 1.54) is 4.90 Å². The lowest BCUT2D eigenvalue weighted by atomic mass is 9.99. The zero-order chi connectivity index (χ0) is 29.2. The maximum atomic E-state index is 13.5. The molecule has 2 amide bonds. The van der Waals surface area contributed by atoms with Gasteiger partial charge in [0, 0.05) is 29.2 Å². The first-order valence-corrected chi connectivity index (χ1v) is 13.5. The molecular weight excluding hydrogens is 532 g/mol. The predicted molar refractivity (Wildman–Crippen MR) is 156 cm³/mol. The van der Waals surface area contributed by atoms with Crippen LogP contribution in [0.2, 0.25) is 5.02 Å². The summed E-state index contributed by atoms with van der Waals surface area (Å²) in [6.07, 6.45) is 0.0210. The molecule has 0 saturated carbocycles. The van der Waals surface area contributed by atoms with Gasteiger partial charge in [-0.1, -0.05) is 23.7 Å². The number of rotatable bonds is 5. The quantitative estimate of drug-likeness (QED) is 0.351. The standard InChI is InChI=1S/C29H35ClN6O4/c1-17(31)36-24-11-10-21(39-5)14-22(24)26(18-6-8-19(30)9-7-18)34-23(27(36)32)15-25(37)35-13-12-20(16-35)33-28(38)40-29(2,3)4/h6-11,14,20,23,31-32H,12-13,15-16H2,1-5H3,(H,33,38). The third-order valence-electron chi connectivity index (χ3n) is 6.62. The third kappa shape index (κ3) is 6.62. The summed E-state index contributed by atoms with van der Waals surface area (Å²) < 4.78 is 10.8. The van der Waals surface area contributed by atoms with Gasteiger partial charge in [-0.15, -0.1) is 0 Å². The number of anilines is 1. The van der Waals surface area contributed by atoms with E-state index in [0.29, 0.717) is 47.2 Å². The molecule has 1 fully saturated rings. The average molecular weight is 567 g/mol. The highest BCUT2D eigenvalue weighted by Gasteiger charge is 2.35. The SMILES string of the molecule is COc1ccc2c(c1)C(c1ccc(Cl)cc1)=NC(CC(=O)N1CCC(NC(=O)OC(C)(C)C)C1)C(=N)N2C(C)=N. The number of amidine groups is 2. The molecule has 2 aliphatic heterocycles. The molecule has 2 aromatic rings. The van der Waals surface area contributed by atoms with Gasteiger partial charge in [-0.25, -0.2) is 4.79 Å². The monoisotopic (exact) mass is 566 g/mol. The second kappa shape index (κ2) is 11.7. The van der Waals surface area contributed by atoms with Crippen molar-refractivity contribution in [3.05, 3.63) is 58.6 Å². The Hall–Kier alpha value is -3.92. The summed E-state index contributed by atoms with van der Waals surface area (Å²) in [5.74, 6) is 0.571. The molecule has 0 bridgehead atoms. The largest absolute Gasteiger partial charge is 0.497 e. The number of aliphatic imine (C=N–C) groups is 1. The number of fused-ring (bicyclic) bond motifs is 1. The summed E-state index contributed by atoms with van der Waals surface area (Å²) >= 11 is 6.15. The lowest BCUT2D eigenvalue weighted by molar-refractivity contribution is -0.130. The van der Waals surface area contributed by atoms with Gasteiger partial charge in [0.15, 0.2) is 0 Å². The van der Waals surface area contributed by atoms with E-state index < -0.39 is 17.7 Å². The van der Waals surface area contributed by atoms with Crippen molar-refractivity contribution < 1.29 is 19.1 Å². The molecule has 0 aromatic heterocycles. The predicted octanol–water partition coefficient (Wildman–Crippen LogP) is 4.86. The maximum Gasteiger partial charge on any atom is 0.407 e. The Bertz CT molecular complexity index is 1350. The average Bonchev–Trinajstić information content (AvgIpc) is 3.30. The van der Waals surface area contributed by atoms with Crippen LogP contribution < -0.4 is 15.0 Å². The number of amides is 2. The molecule has 11 heteroatoms. The van der Waals surface area contributed by atoms with Crippen molar-refractivity contribution in [1.29, 1.82) is 10.8 Å². The molecule has 2 aromatic carbocycles. The van der Waals surface area contributed by atoms with Crippen molar-refractivity contribution in [3.8, 4) is 5.75 Å². The Morgan fingerprint density at radius 3 is 2.50 bits per heavy atom. The number of likely N-dealkylation sites (tertiary alicyclic amines) is 1. The van der Waals surface area contributed by atoms with Gasteiger partial charge in [0.1, 0.15) is 29.1 Å². The van der Waals surface area contributed by atoms with Crippen LogP contribution in [0.5, 0.6) is 5.75 Å². The number of alkyl carbamates (subject to hydrolysis) is 1. The molecule has 212 valence electrons. The fourth-order valence-electron chi connectivity index (χ4n) is 4.81. The van der Waals surface area contributed by atoms with E-state index in [2.05, 4.69) is 5.32 Å².